The molecule has 3 aromatic rings. The maximum atomic E-state index is 12.8. The van der Waals surface area contributed by atoms with Crippen LogP contribution in [0.2, 0.25) is 0 Å². The maximum Gasteiger partial charge on any atom is 0.241 e. The molecule has 26 heavy (non-hydrogen) atoms. The molecule has 1 aromatic heterocycles. The number of hydrogen-bond acceptors (Lipinski definition) is 5. The van der Waals surface area contributed by atoms with Gasteiger partial charge in [-0.05, 0) is 24.6 Å². The van der Waals surface area contributed by atoms with Crippen LogP contribution < -0.4 is 9.46 Å². The summed E-state index contributed by atoms with van der Waals surface area (Å²) in [6, 6.07) is 12.5. The second kappa shape index (κ2) is 7.31. The molecule has 0 saturated carbocycles. The summed E-state index contributed by atoms with van der Waals surface area (Å²) in [5, 5.41) is 0. The summed E-state index contributed by atoms with van der Waals surface area (Å²) in [6.07, 6.45) is 1.58. The van der Waals surface area contributed by atoms with E-state index in [2.05, 4.69) is 9.71 Å². The van der Waals surface area contributed by atoms with Gasteiger partial charge in [0.1, 0.15) is 5.75 Å². The van der Waals surface area contributed by atoms with Gasteiger partial charge >= 0.3 is 0 Å². The molecule has 0 saturated heterocycles. The zero-order valence-corrected chi connectivity index (χ0v) is 15.6. The highest BCUT2D eigenvalue weighted by Crippen LogP contribution is 2.26. The van der Waals surface area contributed by atoms with E-state index >= 15 is 0 Å². The van der Waals surface area contributed by atoms with Gasteiger partial charge in [-0.25, -0.2) is 18.1 Å². The van der Waals surface area contributed by atoms with Gasteiger partial charge in [-0.1, -0.05) is 30.3 Å². The molecule has 136 valence electrons. The number of benzene rings is 2. The molecule has 0 fully saturated rings. The van der Waals surface area contributed by atoms with Crippen LogP contribution in [0.15, 0.2) is 58.0 Å². The largest absolute Gasteiger partial charge is 0.496 e. The highest BCUT2D eigenvalue weighted by Gasteiger charge is 2.19. The van der Waals surface area contributed by atoms with Crippen LogP contribution in [0.25, 0.3) is 11.3 Å². The van der Waals surface area contributed by atoms with E-state index in [9.17, 15) is 8.42 Å². The van der Waals surface area contributed by atoms with Gasteiger partial charge in [0, 0.05) is 24.6 Å². The van der Waals surface area contributed by atoms with Crippen molar-refractivity contribution in [2.45, 2.75) is 25.3 Å². The van der Waals surface area contributed by atoms with E-state index in [1.807, 2.05) is 24.3 Å². The molecule has 1 heterocycles. The van der Waals surface area contributed by atoms with Crippen LogP contribution in [0.5, 0.6) is 5.75 Å². The first kappa shape index (κ1) is 18.2. The molecule has 0 atom stereocenters. The van der Waals surface area contributed by atoms with Gasteiger partial charge in [0.2, 0.25) is 10.0 Å². The Labute approximate surface area is 152 Å². The van der Waals surface area contributed by atoms with E-state index in [1.54, 1.807) is 45.4 Å². The molecule has 7 heteroatoms. The smallest absolute Gasteiger partial charge is 0.241 e. The molecule has 0 aliphatic rings. The molecule has 0 radical (unpaired) electrons. The molecule has 0 unspecified atom stereocenters. The number of ether oxygens (including phenoxy) is 1. The fourth-order valence-corrected chi connectivity index (χ4v) is 3.91. The zero-order chi connectivity index (χ0) is 18.7. The van der Waals surface area contributed by atoms with Gasteiger partial charge in [0.05, 0.1) is 18.2 Å². The summed E-state index contributed by atoms with van der Waals surface area (Å²) >= 11 is 0. The van der Waals surface area contributed by atoms with Crippen molar-refractivity contribution in [1.82, 2.24) is 9.71 Å². The van der Waals surface area contributed by atoms with Crippen molar-refractivity contribution in [3.63, 3.8) is 0 Å². The minimum Gasteiger partial charge on any atom is -0.496 e. The number of methoxy groups -OCH3 is 1. The Morgan fingerprint density at radius 2 is 1.92 bits per heavy atom. The maximum absolute atomic E-state index is 12.8. The van der Waals surface area contributed by atoms with Crippen molar-refractivity contribution in [1.29, 1.82) is 0 Å². The second-order valence-corrected chi connectivity index (χ2v) is 7.60. The predicted octanol–water partition coefficient (Wildman–Crippen LogP) is 3.45. The summed E-state index contributed by atoms with van der Waals surface area (Å²) in [5.74, 6) is 1.70. The molecule has 3 rings (SSSR count). The third kappa shape index (κ3) is 3.79. The van der Waals surface area contributed by atoms with Crippen molar-refractivity contribution < 1.29 is 17.6 Å². The monoisotopic (exact) mass is 372 g/mol. The number of sulfonamides is 1. The number of oxazole rings is 1. The first-order valence-electron chi connectivity index (χ1n) is 8.06. The number of hydrogen-bond donors (Lipinski definition) is 1. The Morgan fingerprint density at radius 3 is 2.62 bits per heavy atom. The Morgan fingerprint density at radius 1 is 1.15 bits per heavy atom. The van der Waals surface area contributed by atoms with Gasteiger partial charge in [-0.15, -0.1) is 0 Å². The average molecular weight is 372 g/mol. The Kier molecular flexibility index (Phi) is 5.11. The van der Waals surface area contributed by atoms with Crippen molar-refractivity contribution >= 4 is 10.0 Å². The lowest BCUT2D eigenvalue weighted by molar-refractivity contribution is 0.409. The highest BCUT2D eigenvalue weighted by molar-refractivity contribution is 7.89. The van der Waals surface area contributed by atoms with Crippen LogP contribution in [-0.4, -0.2) is 20.5 Å². The topological polar surface area (TPSA) is 81.4 Å². The minimum absolute atomic E-state index is 0.136. The van der Waals surface area contributed by atoms with E-state index in [4.69, 9.17) is 9.15 Å². The number of nitrogens with one attached hydrogen (secondary N) is 1. The van der Waals surface area contributed by atoms with E-state index < -0.39 is 10.0 Å². The quantitative estimate of drug-likeness (QED) is 0.717. The van der Waals surface area contributed by atoms with Crippen LogP contribution in [-0.2, 0) is 16.6 Å². The van der Waals surface area contributed by atoms with Gasteiger partial charge in [0.15, 0.2) is 11.7 Å². The van der Waals surface area contributed by atoms with Crippen LogP contribution in [0.3, 0.4) is 0 Å². The van der Waals surface area contributed by atoms with Crippen molar-refractivity contribution in [3.8, 4) is 17.1 Å². The first-order chi connectivity index (χ1) is 12.4. The molecule has 0 spiro atoms. The molecule has 0 aliphatic heterocycles. The molecule has 6 nitrogen and oxygen atoms in total. The molecule has 2 aromatic carbocycles. The zero-order valence-electron chi connectivity index (χ0n) is 14.8. The minimum atomic E-state index is -3.71. The fraction of sp³-hybridized carbons (Fsp3) is 0.211. The predicted molar refractivity (Wildman–Crippen MR) is 98.4 cm³/mol. The summed E-state index contributed by atoms with van der Waals surface area (Å²) in [5.41, 5.74) is 2.07. The summed E-state index contributed by atoms with van der Waals surface area (Å²) in [4.78, 5) is 4.26. The number of aryl methyl sites for hydroxylation is 2. The Hall–Kier alpha value is -2.64. The SMILES string of the molecule is COc1ccccc1CNS(=O)(=O)c1cc(-c2cnc(C)o2)ccc1C. The fourth-order valence-electron chi connectivity index (χ4n) is 2.64. The number of aromatic nitrogens is 1. The third-order valence-electron chi connectivity index (χ3n) is 4.03. The van der Waals surface area contributed by atoms with Gasteiger partial charge in [0.25, 0.3) is 0 Å². The first-order valence-corrected chi connectivity index (χ1v) is 9.54. The van der Waals surface area contributed by atoms with Gasteiger partial charge in [-0.3, -0.25) is 0 Å². The molecular formula is C19H20N2O4S. The highest BCUT2D eigenvalue weighted by atomic mass is 32.2. The van der Waals surface area contributed by atoms with Gasteiger partial charge < -0.3 is 9.15 Å². The van der Waals surface area contributed by atoms with Crippen molar-refractivity contribution in [3.05, 3.63) is 65.7 Å². The van der Waals surface area contributed by atoms with E-state index in [0.29, 0.717) is 28.5 Å². The number of rotatable bonds is 6. The average Bonchev–Trinajstić information content (AvgIpc) is 3.07. The Bertz CT molecular complexity index is 1030. The summed E-state index contributed by atoms with van der Waals surface area (Å²) in [6.45, 7) is 3.63. The molecular weight excluding hydrogens is 352 g/mol. The van der Waals surface area contributed by atoms with Crippen molar-refractivity contribution in [2.24, 2.45) is 0 Å². The van der Waals surface area contributed by atoms with Crippen LogP contribution in [0.4, 0.5) is 0 Å². The third-order valence-corrected chi connectivity index (χ3v) is 5.57. The van der Waals surface area contributed by atoms with Crippen LogP contribution in [0, 0.1) is 13.8 Å². The summed E-state index contributed by atoms with van der Waals surface area (Å²) in [7, 11) is -2.15. The normalized spacial score (nSPS) is 11.5. The lowest BCUT2D eigenvalue weighted by Gasteiger charge is -2.12. The Balaban J connectivity index is 1.89. The molecule has 1 N–H and O–H groups in total. The van der Waals surface area contributed by atoms with Crippen LogP contribution >= 0.6 is 0 Å². The number of para-hydroxylation sites is 1. The number of nitrogens with zero attached hydrogens (tertiary/aromatic N) is 1. The lowest BCUT2D eigenvalue weighted by Crippen LogP contribution is -2.24. The van der Waals surface area contributed by atoms with Crippen LogP contribution in [0.1, 0.15) is 17.0 Å². The standard InChI is InChI=1S/C19H20N2O4S/c1-13-8-9-15(18-12-20-14(2)25-18)10-19(13)26(22,23)21-11-16-6-4-5-7-17(16)24-3/h4-10,12,21H,11H2,1-3H3. The lowest BCUT2D eigenvalue weighted by atomic mass is 10.1. The second-order valence-electron chi connectivity index (χ2n) is 5.86. The van der Waals surface area contributed by atoms with E-state index in [0.717, 1.165) is 5.56 Å². The van der Waals surface area contributed by atoms with E-state index in [-0.39, 0.29) is 11.4 Å². The summed E-state index contributed by atoms with van der Waals surface area (Å²) < 4.78 is 39.0. The van der Waals surface area contributed by atoms with Crippen molar-refractivity contribution in [2.75, 3.05) is 7.11 Å². The van der Waals surface area contributed by atoms with Gasteiger partial charge in [-0.2, -0.15) is 0 Å². The molecule has 0 bridgehead atoms. The van der Waals surface area contributed by atoms with E-state index in [1.165, 1.54) is 0 Å². The molecule has 0 amide bonds. The molecule has 0 aliphatic carbocycles.